The minimum Gasteiger partial charge on any atom is -0.481 e. The van der Waals surface area contributed by atoms with E-state index in [1.807, 2.05) is 18.2 Å². The van der Waals surface area contributed by atoms with Gasteiger partial charge in [-0.1, -0.05) is 25.3 Å². The number of aliphatic carboxylic acids is 1. The molecule has 1 unspecified atom stereocenters. The normalized spacial score (nSPS) is 18.2. The first kappa shape index (κ1) is 13.2. The van der Waals surface area contributed by atoms with Gasteiger partial charge in [-0.2, -0.15) is 0 Å². The quantitative estimate of drug-likeness (QED) is 0.921. The molecule has 1 aliphatic carbocycles. The van der Waals surface area contributed by atoms with Gasteiger partial charge in [-0.15, -0.1) is 0 Å². The third kappa shape index (κ3) is 2.42. The van der Waals surface area contributed by atoms with Gasteiger partial charge in [0.2, 0.25) is 0 Å². The highest BCUT2D eigenvalue weighted by Gasteiger charge is 2.31. The molecule has 106 valence electrons. The Balaban J connectivity index is 1.97. The topological polar surface area (TPSA) is 63.3 Å². The zero-order valence-corrected chi connectivity index (χ0v) is 11.6. The Kier molecular flexibility index (Phi) is 3.47. The van der Waals surface area contributed by atoms with Crippen LogP contribution in [0.15, 0.2) is 22.6 Å². The van der Waals surface area contributed by atoms with Gasteiger partial charge in [0.15, 0.2) is 11.5 Å². The lowest BCUT2D eigenvalue weighted by Gasteiger charge is -2.27. The van der Waals surface area contributed by atoms with Crippen LogP contribution in [0.3, 0.4) is 0 Å². The molecule has 0 spiro atoms. The highest BCUT2D eigenvalue weighted by molar-refractivity contribution is 5.80. The minimum atomic E-state index is -0.725. The van der Waals surface area contributed by atoms with Crippen LogP contribution in [-0.2, 0) is 4.79 Å². The number of fused-ring (bicyclic) bond motifs is 1. The van der Waals surface area contributed by atoms with Crippen molar-refractivity contribution in [1.82, 2.24) is 4.98 Å². The molecule has 0 saturated heterocycles. The van der Waals surface area contributed by atoms with Crippen molar-refractivity contribution in [2.24, 2.45) is 5.92 Å². The van der Waals surface area contributed by atoms with Crippen molar-refractivity contribution in [3.05, 3.63) is 29.7 Å². The summed E-state index contributed by atoms with van der Waals surface area (Å²) in [6, 6.07) is 5.59. The molecule has 1 saturated carbocycles. The Morgan fingerprint density at radius 2 is 2.10 bits per heavy atom. The highest BCUT2D eigenvalue weighted by atomic mass is 16.4. The van der Waals surface area contributed by atoms with E-state index in [1.165, 1.54) is 6.42 Å². The zero-order valence-electron chi connectivity index (χ0n) is 11.6. The highest BCUT2D eigenvalue weighted by Crippen LogP contribution is 2.37. The summed E-state index contributed by atoms with van der Waals surface area (Å²) in [6.45, 7) is 1.80. The summed E-state index contributed by atoms with van der Waals surface area (Å²) < 4.78 is 5.45. The molecule has 0 aliphatic heterocycles. The summed E-state index contributed by atoms with van der Waals surface area (Å²) in [4.78, 5) is 16.0. The van der Waals surface area contributed by atoms with Crippen molar-refractivity contribution in [1.29, 1.82) is 0 Å². The second-order valence-corrected chi connectivity index (χ2v) is 5.67. The number of nitrogens with zero attached hydrogens (tertiary/aromatic N) is 1. The zero-order chi connectivity index (χ0) is 14.1. The third-order valence-electron chi connectivity index (χ3n) is 4.26. The van der Waals surface area contributed by atoms with Crippen molar-refractivity contribution < 1.29 is 14.3 Å². The average molecular weight is 273 g/mol. The van der Waals surface area contributed by atoms with Gasteiger partial charge in [0, 0.05) is 6.92 Å². The van der Waals surface area contributed by atoms with Crippen LogP contribution >= 0.6 is 0 Å². The molecule has 0 radical (unpaired) electrons. The molecule has 3 rings (SSSR count). The van der Waals surface area contributed by atoms with E-state index < -0.39 is 11.9 Å². The number of aromatic nitrogens is 1. The van der Waals surface area contributed by atoms with Crippen molar-refractivity contribution in [2.45, 2.75) is 44.9 Å². The maximum absolute atomic E-state index is 11.7. The molecule has 4 heteroatoms. The summed E-state index contributed by atoms with van der Waals surface area (Å²) >= 11 is 0. The molecular weight excluding hydrogens is 254 g/mol. The molecule has 1 aliphatic rings. The molecule has 4 nitrogen and oxygen atoms in total. The van der Waals surface area contributed by atoms with E-state index in [-0.39, 0.29) is 5.92 Å². The van der Waals surface area contributed by atoms with Crippen LogP contribution in [0.1, 0.15) is 49.5 Å². The fraction of sp³-hybridized carbons (Fsp3) is 0.500. The summed E-state index contributed by atoms with van der Waals surface area (Å²) in [5, 5.41) is 9.61. The van der Waals surface area contributed by atoms with Crippen LogP contribution in [0.4, 0.5) is 0 Å². The fourth-order valence-corrected chi connectivity index (χ4v) is 3.34. The lowest BCUT2D eigenvalue weighted by Crippen LogP contribution is -2.23. The van der Waals surface area contributed by atoms with Gasteiger partial charge in [-0.25, -0.2) is 4.98 Å². The van der Waals surface area contributed by atoms with E-state index in [4.69, 9.17) is 4.42 Å². The number of hydrogen-bond donors (Lipinski definition) is 1. The van der Waals surface area contributed by atoms with Crippen LogP contribution < -0.4 is 0 Å². The molecule has 1 atom stereocenters. The van der Waals surface area contributed by atoms with E-state index in [9.17, 15) is 9.90 Å². The number of hydrogen-bond acceptors (Lipinski definition) is 3. The van der Waals surface area contributed by atoms with Crippen molar-refractivity contribution in [3.63, 3.8) is 0 Å². The van der Waals surface area contributed by atoms with Gasteiger partial charge in [0.05, 0.1) is 5.92 Å². The second kappa shape index (κ2) is 5.27. The van der Waals surface area contributed by atoms with Gasteiger partial charge in [0.25, 0.3) is 0 Å². The maximum atomic E-state index is 11.7. The predicted octanol–water partition coefficient (Wildman–Crippen LogP) is 3.88. The molecule has 1 heterocycles. The van der Waals surface area contributed by atoms with Crippen LogP contribution in [0, 0.1) is 12.8 Å². The van der Waals surface area contributed by atoms with Crippen molar-refractivity contribution >= 4 is 17.1 Å². The van der Waals surface area contributed by atoms with Crippen LogP contribution in [0.5, 0.6) is 0 Å². The number of aryl methyl sites for hydroxylation is 1. The summed E-state index contributed by atoms with van der Waals surface area (Å²) in [7, 11) is 0. The lowest BCUT2D eigenvalue weighted by molar-refractivity contribution is -0.140. The third-order valence-corrected chi connectivity index (χ3v) is 4.26. The van der Waals surface area contributed by atoms with Crippen LogP contribution in [0.2, 0.25) is 0 Å². The SMILES string of the molecule is Cc1nc2cc(C(C(=O)O)C3CCCCC3)ccc2o1. The van der Waals surface area contributed by atoms with E-state index in [0.29, 0.717) is 5.89 Å². The number of rotatable bonds is 3. The Morgan fingerprint density at radius 3 is 2.80 bits per heavy atom. The summed E-state index contributed by atoms with van der Waals surface area (Å²) in [5.41, 5.74) is 2.33. The largest absolute Gasteiger partial charge is 0.481 e. The molecule has 0 bridgehead atoms. The Labute approximate surface area is 117 Å². The lowest BCUT2D eigenvalue weighted by atomic mass is 9.77. The number of carboxylic acid groups (broad SMARTS) is 1. The molecule has 20 heavy (non-hydrogen) atoms. The first-order valence-electron chi connectivity index (χ1n) is 7.25. The maximum Gasteiger partial charge on any atom is 0.311 e. The molecule has 0 amide bonds. The van der Waals surface area contributed by atoms with Gasteiger partial charge in [-0.3, -0.25) is 4.79 Å². The van der Waals surface area contributed by atoms with E-state index >= 15 is 0 Å². The molecule has 1 fully saturated rings. The van der Waals surface area contributed by atoms with Gasteiger partial charge >= 0.3 is 5.97 Å². The van der Waals surface area contributed by atoms with Crippen molar-refractivity contribution in [3.8, 4) is 0 Å². The van der Waals surface area contributed by atoms with Crippen molar-refractivity contribution in [2.75, 3.05) is 0 Å². The Bertz CT molecular complexity index is 626. The Hall–Kier alpha value is -1.84. The standard InChI is InChI=1S/C16H19NO3/c1-10-17-13-9-12(7-8-14(13)20-10)15(16(18)19)11-5-3-2-4-6-11/h7-9,11,15H,2-6H2,1H3,(H,18,19). The number of oxazole rings is 1. The van der Waals surface area contributed by atoms with Gasteiger partial charge in [-0.05, 0) is 36.5 Å². The predicted molar refractivity (Wildman–Crippen MR) is 75.7 cm³/mol. The Morgan fingerprint density at radius 1 is 1.35 bits per heavy atom. The van der Waals surface area contributed by atoms with E-state index in [0.717, 1.165) is 42.3 Å². The number of carboxylic acids is 1. The summed E-state index contributed by atoms with van der Waals surface area (Å²) in [5.74, 6) is -0.290. The molecule has 1 aromatic heterocycles. The number of carbonyl (C=O) groups is 1. The van der Waals surface area contributed by atoms with Crippen LogP contribution in [0.25, 0.3) is 11.1 Å². The average Bonchev–Trinajstić information content (AvgIpc) is 2.79. The fourth-order valence-electron chi connectivity index (χ4n) is 3.34. The molecule has 2 aromatic rings. The minimum absolute atomic E-state index is 0.242. The van der Waals surface area contributed by atoms with Crippen LogP contribution in [-0.4, -0.2) is 16.1 Å². The smallest absolute Gasteiger partial charge is 0.311 e. The monoisotopic (exact) mass is 273 g/mol. The second-order valence-electron chi connectivity index (χ2n) is 5.67. The van der Waals surface area contributed by atoms with Gasteiger partial charge < -0.3 is 9.52 Å². The molecule has 1 N–H and O–H groups in total. The van der Waals surface area contributed by atoms with E-state index in [2.05, 4.69) is 4.98 Å². The molecular formula is C16H19NO3. The van der Waals surface area contributed by atoms with E-state index in [1.54, 1.807) is 6.92 Å². The van der Waals surface area contributed by atoms with Gasteiger partial charge in [0.1, 0.15) is 5.52 Å². The number of benzene rings is 1. The molecule has 1 aromatic carbocycles. The first-order chi connectivity index (χ1) is 9.65. The summed E-state index contributed by atoms with van der Waals surface area (Å²) in [6.07, 6.45) is 5.52. The first-order valence-corrected chi connectivity index (χ1v) is 7.25.